The molecule has 24 heavy (non-hydrogen) atoms. The molecule has 2 aromatic carbocycles. The van der Waals surface area contributed by atoms with Gasteiger partial charge in [0.15, 0.2) is 0 Å². The van der Waals surface area contributed by atoms with Gasteiger partial charge in [-0.3, -0.25) is 4.79 Å². The minimum atomic E-state index is -0.329. The topological polar surface area (TPSA) is 42.0 Å². The lowest BCUT2D eigenvalue weighted by Crippen LogP contribution is -2.14. The summed E-state index contributed by atoms with van der Waals surface area (Å²) < 4.78 is 13.1. The van der Waals surface area contributed by atoms with Crippen molar-refractivity contribution in [3.8, 4) is 11.1 Å². The van der Waals surface area contributed by atoms with Gasteiger partial charge in [0.1, 0.15) is 11.5 Å². The van der Waals surface area contributed by atoms with Crippen molar-refractivity contribution in [1.82, 2.24) is 4.98 Å². The Hall–Kier alpha value is -2.72. The molecule has 3 nitrogen and oxygen atoms in total. The predicted octanol–water partition coefficient (Wildman–Crippen LogP) is 5.10. The molecule has 0 unspecified atom stereocenters. The van der Waals surface area contributed by atoms with E-state index >= 15 is 0 Å². The first-order valence-electron chi connectivity index (χ1n) is 7.33. The second kappa shape index (κ2) is 6.81. The molecule has 1 amide bonds. The third-order valence-electron chi connectivity index (χ3n) is 3.45. The van der Waals surface area contributed by atoms with E-state index in [1.165, 1.54) is 12.1 Å². The van der Waals surface area contributed by atoms with Crippen LogP contribution in [0, 0.1) is 12.7 Å². The summed E-state index contributed by atoms with van der Waals surface area (Å²) in [6.45, 7) is 1.81. The van der Waals surface area contributed by atoms with Gasteiger partial charge in [0.2, 0.25) is 0 Å². The van der Waals surface area contributed by atoms with Crippen LogP contribution in [-0.2, 0) is 0 Å². The molecule has 1 heterocycles. The second-order valence-corrected chi connectivity index (χ2v) is 5.79. The summed E-state index contributed by atoms with van der Waals surface area (Å²) in [5.74, 6) is -0.632. The summed E-state index contributed by atoms with van der Waals surface area (Å²) in [5, 5.41) is 3.31. The zero-order valence-electron chi connectivity index (χ0n) is 12.9. The highest BCUT2D eigenvalue weighted by molar-refractivity contribution is 6.30. The zero-order chi connectivity index (χ0) is 17.1. The normalized spacial score (nSPS) is 10.5. The van der Waals surface area contributed by atoms with Crippen LogP contribution in [0.3, 0.4) is 0 Å². The molecule has 0 bridgehead atoms. The van der Waals surface area contributed by atoms with Crippen LogP contribution in [0.25, 0.3) is 11.1 Å². The molecule has 0 aliphatic carbocycles. The molecule has 0 saturated carbocycles. The molecule has 3 rings (SSSR count). The molecule has 0 radical (unpaired) electrons. The van der Waals surface area contributed by atoms with Crippen LogP contribution in [0.15, 0.2) is 60.7 Å². The number of carbonyl (C=O) groups excluding carboxylic acids is 1. The lowest BCUT2D eigenvalue weighted by atomic mass is 10.0. The minimum Gasteiger partial charge on any atom is -0.321 e. The van der Waals surface area contributed by atoms with Gasteiger partial charge in [0, 0.05) is 16.4 Å². The number of rotatable bonds is 3. The van der Waals surface area contributed by atoms with E-state index in [2.05, 4.69) is 10.3 Å². The number of carbonyl (C=O) groups is 1. The summed E-state index contributed by atoms with van der Waals surface area (Å²) >= 11 is 5.92. The fraction of sp³-hybridized carbons (Fsp3) is 0.0526. The van der Waals surface area contributed by atoms with Gasteiger partial charge in [-0.05, 0) is 60.5 Å². The summed E-state index contributed by atoms with van der Waals surface area (Å²) in [4.78, 5) is 16.7. The average molecular weight is 341 g/mol. The van der Waals surface area contributed by atoms with Crippen LogP contribution in [0.5, 0.6) is 0 Å². The lowest BCUT2D eigenvalue weighted by molar-refractivity contribution is 0.102. The number of nitrogens with one attached hydrogen (secondary N) is 1. The maximum atomic E-state index is 13.1. The summed E-state index contributed by atoms with van der Waals surface area (Å²) in [6.07, 6.45) is 0. The summed E-state index contributed by atoms with van der Waals surface area (Å²) in [5.41, 5.74) is 3.21. The summed E-state index contributed by atoms with van der Waals surface area (Å²) in [7, 11) is 0. The number of aryl methyl sites for hydroxylation is 1. The molecule has 3 aromatic rings. The van der Waals surface area contributed by atoms with Crippen LogP contribution >= 0.6 is 11.6 Å². The molecular formula is C19H14ClFN2O. The van der Waals surface area contributed by atoms with E-state index < -0.39 is 0 Å². The van der Waals surface area contributed by atoms with E-state index in [1.54, 1.807) is 42.5 Å². The van der Waals surface area contributed by atoms with Crippen molar-refractivity contribution in [2.45, 2.75) is 6.92 Å². The van der Waals surface area contributed by atoms with Crippen molar-refractivity contribution in [3.05, 3.63) is 82.9 Å². The molecule has 0 atom stereocenters. The van der Waals surface area contributed by atoms with Gasteiger partial charge in [-0.1, -0.05) is 29.8 Å². The number of anilines is 1. The maximum absolute atomic E-state index is 13.1. The molecule has 0 spiro atoms. The molecule has 0 saturated heterocycles. The molecule has 5 heteroatoms. The van der Waals surface area contributed by atoms with Gasteiger partial charge < -0.3 is 5.32 Å². The SMILES string of the molecule is Cc1cc(-c2ccc(F)cc2)cc(C(=O)Nc2cccc(Cl)c2)n1. The smallest absolute Gasteiger partial charge is 0.274 e. The first-order chi connectivity index (χ1) is 11.5. The number of halogens is 2. The fourth-order valence-electron chi connectivity index (χ4n) is 2.36. The largest absolute Gasteiger partial charge is 0.321 e. The van der Waals surface area contributed by atoms with E-state index in [0.717, 1.165) is 11.1 Å². The van der Waals surface area contributed by atoms with E-state index in [-0.39, 0.29) is 17.4 Å². The number of benzene rings is 2. The fourth-order valence-corrected chi connectivity index (χ4v) is 2.55. The van der Waals surface area contributed by atoms with Gasteiger partial charge in [0.25, 0.3) is 5.91 Å². The number of hydrogen-bond acceptors (Lipinski definition) is 2. The second-order valence-electron chi connectivity index (χ2n) is 5.35. The first kappa shape index (κ1) is 16.1. The highest BCUT2D eigenvalue weighted by Crippen LogP contribution is 2.22. The van der Waals surface area contributed by atoms with Gasteiger partial charge in [0.05, 0.1) is 0 Å². The maximum Gasteiger partial charge on any atom is 0.274 e. The monoisotopic (exact) mass is 340 g/mol. The Morgan fingerprint density at radius 2 is 1.79 bits per heavy atom. The quantitative estimate of drug-likeness (QED) is 0.720. The van der Waals surface area contributed by atoms with Crippen molar-refractivity contribution >= 4 is 23.2 Å². The van der Waals surface area contributed by atoms with E-state index in [9.17, 15) is 9.18 Å². The Balaban J connectivity index is 1.90. The Morgan fingerprint density at radius 3 is 2.50 bits per heavy atom. The van der Waals surface area contributed by atoms with E-state index in [4.69, 9.17) is 11.6 Å². The van der Waals surface area contributed by atoms with Gasteiger partial charge in [-0.25, -0.2) is 9.37 Å². The van der Waals surface area contributed by atoms with Crippen molar-refractivity contribution in [2.75, 3.05) is 5.32 Å². The number of aromatic nitrogens is 1. The van der Waals surface area contributed by atoms with Gasteiger partial charge >= 0.3 is 0 Å². The number of pyridine rings is 1. The molecule has 0 aliphatic rings. The van der Waals surface area contributed by atoms with Crippen LogP contribution in [-0.4, -0.2) is 10.9 Å². The average Bonchev–Trinajstić information content (AvgIpc) is 2.55. The third-order valence-corrected chi connectivity index (χ3v) is 3.68. The minimum absolute atomic E-state index is 0.286. The Kier molecular flexibility index (Phi) is 4.58. The van der Waals surface area contributed by atoms with E-state index in [0.29, 0.717) is 16.4 Å². The van der Waals surface area contributed by atoms with Crippen LogP contribution in [0.1, 0.15) is 16.2 Å². The highest BCUT2D eigenvalue weighted by atomic mass is 35.5. The van der Waals surface area contributed by atoms with Crippen LogP contribution < -0.4 is 5.32 Å². The summed E-state index contributed by atoms with van der Waals surface area (Å²) in [6, 6.07) is 16.5. The molecule has 0 fully saturated rings. The molecule has 1 aromatic heterocycles. The molecule has 0 aliphatic heterocycles. The number of amides is 1. The lowest BCUT2D eigenvalue weighted by Gasteiger charge is -2.09. The molecular weight excluding hydrogens is 327 g/mol. The highest BCUT2D eigenvalue weighted by Gasteiger charge is 2.11. The van der Waals surface area contributed by atoms with Crippen molar-refractivity contribution in [1.29, 1.82) is 0 Å². The van der Waals surface area contributed by atoms with Crippen molar-refractivity contribution in [3.63, 3.8) is 0 Å². The third kappa shape index (κ3) is 3.78. The number of hydrogen-bond donors (Lipinski definition) is 1. The molecule has 1 N–H and O–H groups in total. The molecule has 120 valence electrons. The number of nitrogens with zero attached hydrogens (tertiary/aromatic N) is 1. The standard InChI is InChI=1S/C19H14ClFN2O/c1-12-9-14(13-5-7-16(21)8-6-13)10-18(22-12)19(24)23-17-4-2-3-15(20)11-17/h2-11H,1H3,(H,23,24). The van der Waals surface area contributed by atoms with Gasteiger partial charge in [-0.2, -0.15) is 0 Å². The Morgan fingerprint density at radius 1 is 1.04 bits per heavy atom. The van der Waals surface area contributed by atoms with Crippen molar-refractivity contribution in [2.24, 2.45) is 0 Å². The van der Waals surface area contributed by atoms with Gasteiger partial charge in [-0.15, -0.1) is 0 Å². The van der Waals surface area contributed by atoms with Crippen molar-refractivity contribution < 1.29 is 9.18 Å². The predicted molar refractivity (Wildman–Crippen MR) is 93.8 cm³/mol. The van der Waals surface area contributed by atoms with E-state index in [1.807, 2.05) is 13.0 Å². The Bertz CT molecular complexity index is 894. The Labute approximate surface area is 144 Å². The zero-order valence-corrected chi connectivity index (χ0v) is 13.6. The van der Waals surface area contributed by atoms with Crippen LogP contribution in [0.4, 0.5) is 10.1 Å². The van der Waals surface area contributed by atoms with Crippen LogP contribution in [0.2, 0.25) is 5.02 Å². The first-order valence-corrected chi connectivity index (χ1v) is 7.70.